The minimum Gasteiger partial charge on any atom is -0.365 e. The molecule has 0 amide bonds. The molecule has 0 bridgehead atoms. The van der Waals surface area contributed by atoms with Crippen LogP contribution < -0.4 is 5.32 Å². The van der Waals surface area contributed by atoms with Gasteiger partial charge >= 0.3 is 0 Å². The van der Waals surface area contributed by atoms with Crippen molar-refractivity contribution in [2.45, 2.75) is 57.0 Å². The van der Waals surface area contributed by atoms with E-state index >= 15 is 0 Å². The lowest BCUT2D eigenvalue weighted by Gasteiger charge is -2.40. The van der Waals surface area contributed by atoms with E-state index in [0.717, 1.165) is 29.7 Å². The molecule has 6 heteroatoms. The SMILES string of the molecule is c1ccc2sc(-c3cnc4ccc(NC5CCCN(C6CCCCC6)C5)nn34)cc2c1. The van der Waals surface area contributed by atoms with Crippen LogP contribution in [0.15, 0.2) is 48.7 Å². The zero-order valence-corrected chi connectivity index (χ0v) is 18.7. The summed E-state index contributed by atoms with van der Waals surface area (Å²) in [5.41, 5.74) is 1.96. The van der Waals surface area contributed by atoms with Crippen molar-refractivity contribution in [3.8, 4) is 10.6 Å². The second-order valence-corrected chi connectivity index (χ2v) is 10.1. The number of nitrogens with one attached hydrogen (secondary N) is 1. The second kappa shape index (κ2) is 8.24. The predicted octanol–water partition coefficient (Wildman–Crippen LogP) is 5.82. The molecule has 1 atom stereocenters. The smallest absolute Gasteiger partial charge is 0.154 e. The summed E-state index contributed by atoms with van der Waals surface area (Å²) in [5.74, 6) is 0.948. The first-order valence-corrected chi connectivity index (χ1v) is 12.5. The van der Waals surface area contributed by atoms with Gasteiger partial charge in [-0.05, 0) is 61.9 Å². The molecular formula is C25H29N5S. The summed E-state index contributed by atoms with van der Waals surface area (Å²) in [6.07, 6.45) is 11.4. The van der Waals surface area contributed by atoms with Gasteiger partial charge in [-0.25, -0.2) is 9.50 Å². The fourth-order valence-electron chi connectivity index (χ4n) is 5.34. The monoisotopic (exact) mass is 431 g/mol. The molecule has 1 N–H and O–H groups in total. The van der Waals surface area contributed by atoms with E-state index in [9.17, 15) is 0 Å². The zero-order chi connectivity index (χ0) is 20.6. The molecule has 1 aromatic carbocycles. The van der Waals surface area contributed by atoms with Gasteiger partial charge in [0.2, 0.25) is 0 Å². The van der Waals surface area contributed by atoms with E-state index in [-0.39, 0.29) is 0 Å². The Morgan fingerprint density at radius 2 is 1.87 bits per heavy atom. The fourth-order valence-corrected chi connectivity index (χ4v) is 6.40. The van der Waals surface area contributed by atoms with Crippen LogP contribution in [0.5, 0.6) is 0 Å². The number of anilines is 1. The van der Waals surface area contributed by atoms with Crippen LogP contribution in [-0.2, 0) is 0 Å². The Kier molecular flexibility index (Phi) is 5.12. The van der Waals surface area contributed by atoms with Crippen molar-refractivity contribution >= 4 is 32.9 Å². The van der Waals surface area contributed by atoms with Gasteiger partial charge in [-0.1, -0.05) is 37.5 Å². The molecule has 4 aromatic rings. The lowest BCUT2D eigenvalue weighted by Crippen LogP contribution is -2.47. The molecule has 4 heterocycles. The molecule has 3 aromatic heterocycles. The number of hydrogen-bond acceptors (Lipinski definition) is 5. The van der Waals surface area contributed by atoms with Crippen LogP contribution in [0.2, 0.25) is 0 Å². The highest BCUT2D eigenvalue weighted by molar-refractivity contribution is 7.22. The number of hydrogen-bond donors (Lipinski definition) is 1. The highest BCUT2D eigenvalue weighted by atomic mass is 32.1. The molecule has 31 heavy (non-hydrogen) atoms. The average molecular weight is 432 g/mol. The number of piperidine rings is 1. The summed E-state index contributed by atoms with van der Waals surface area (Å²) in [6.45, 7) is 2.39. The Labute approximate surface area is 187 Å². The van der Waals surface area contributed by atoms with Gasteiger partial charge in [-0.2, -0.15) is 0 Å². The number of aromatic nitrogens is 3. The molecule has 1 saturated heterocycles. The van der Waals surface area contributed by atoms with E-state index < -0.39 is 0 Å². The maximum Gasteiger partial charge on any atom is 0.154 e. The Balaban J connectivity index is 1.24. The van der Waals surface area contributed by atoms with Crippen LogP contribution in [0.1, 0.15) is 44.9 Å². The van der Waals surface area contributed by atoms with Crippen LogP contribution in [0, 0.1) is 0 Å². The molecule has 1 aliphatic carbocycles. The standard InChI is InChI=1S/C25H29N5S/c1-2-9-20(10-3-1)29-14-6-8-19(17-29)27-24-12-13-25-26-16-21(30(25)28-24)23-15-18-7-4-5-11-22(18)31-23/h4-5,7,11-13,15-16,19-20H,1-3,6,8-10,14,17H2,(H,27,28). The third-order valence-corrected chi connectivity index (χ3v) is 8.07. The lowest BCUT2D eigenvalue weighted by atomic mass is 9.92. The Bertz CT molecular complexity index is 1160. The summed E-state index contributed by atoms with van der Waals surface area (Å²) < 4.78 is 3.29. The van der Waals surface area contributed by atoms with Gasteiger partial charge in [0, 0.05) is 23.3 Å². The van der Waals surface area contributed by atoms with E-state index in [0.29, 0.717) is 6.04 Å². The third-order valence-electron chi connectivity index (χ3n) is 6.94. The van der Waals surface area contributed by atoms with E-state index in [1.807, 2.05) is 10.7 Å². The third kappa shape index (κ3) is 3.83. The average Bonchev–Trinajstić information content (AvgIpc) is 3.43. The molecule has 1 unspecified atom stereocenters. The van der Waals surface area contributed by atoms with Crippen LogP contribution in [0.4, 0.5) is 5.82 Å². The highest BCUT2D eigenvalue weighted by Gasteiger charge is 2.27. The van der Waals surface area contributed by atoms with Gasteiger partial charge in [0.05, 0.1) is 11.1 Å². The summed E-state index contributed by atoms with van der Waals surface area (Å²) >= 11 is 1.80. The van der Waals surface area contributed by atoms with Crippen molar-refractivity contribution in [3.05, 3.63) is 48.7 Å². The molecular weight excluding hydrogens is 402 g/mol. The molecule has 0 spiro atoms. The number of thiophene rings is 1. The zero-order valence-electron chi connectivity index (χ0n) is 17.8. The van der Waals surface area contributed by atoms with E-state index in [1.165, 1.54) is 66.5 Å². The summed E-state index contributed by atoms with van der Waals surface area (Å²) in [5, 5.41) is 9.96. The number of nitrogens with zero attached hydrogens (tertiary/aromatic N) is 4. The van der Waals surface area contributed by atoms with Gasteiger partial charge in [0.15, 0.2) is 5.65 Å². The van der Waals surface area contributed by atoms with Crippen LogP contribution in [-0.4, -0.2) is 44.7 Å². The number of fused-ring (bicyclic) bond motifs is 2. The number of benzene rings is 1. The molecule has 2 fully saturated rings. The van der Waals surface area contributed by atoms with Gasteiger partial charge in [0.1, 0.15) is 11.5 Å². The van der Waals surface area contributed by atoms with Crippen LogP contribution in [0.25, 0.3) is 26.3 Å². The first kappa shape index (κ1) is 19.3. The molecule has 0 radical (unpaired) electrons. The molecule has 5 nitrogen and oxygen atoms in total. The Morgan fingerprint density at radius 1 is 0.968 bits per heavy atom. The van der Waals surface area contributed by atoms with Crippen molar-refractivity contribution < 1.29 is 0 Å². The summed E-state index contributed by atoms with van der Waals surface area (Å²) in [4.78, 5) is 8.54. The number of imidazole rings is 1. The maximum atomic E-state index is 4.94. The van der Waals surface area contributed by atoms with Crippen molar-refractivity contribution in [1.29, 1.82) is 0 Å². The van der Waals surface area contributed by atoms with Crippen molar-refractivity contribution in [2.75, 3.05) is 18.4 Å². The highest BCUT2D eigenvalue weighted by Crippen LogP contribution is 2.33. The first-order chi connectivity index (χ1) is 15.3. The normalized spacial score (nSPS) is 21.1. The van der Waals surface area contributed by atoms with Crippen molar-refractivity contribution in [2.24, 2.45) is 0 Å². The van der Waals surface area contributed by atoms with Crippen LogP contribution in [0.3, 0.4) is 0 Å². The van der Waals surface area contributed by atoms with Crippen molar-refractivity contribution in [1.82, 2.24) is 19.5 Å². The Morgan fingerprint density at radius 3 is 2.77 bits per heavy atom. The largest absolute Gasteiger partial charge is 0.365 e. The molecule has 160 valence electrons. The molecule has 6 rings (SSSR count). The van der Waals surface area contributed by atoms with Crippen LogP contribution >= 0.6 is 11.3 Å². The first-order valence-electron chi connectivity index (χ1n) is 11.7. The molecule has 1 aliphatic heterocycles. The van der Waals surface area contributed by atoms with E-state index in [2.05, 4.69) is 57.7 Å². The summed E-state index contributed by atoms with van der Waals surface area (Å²) in [6, 6.07) is 16.2. The number of rotatable bonds is 4. The van der Waals surface area contributed by atoms with E-state index in [4.69, 9.17) is 5.10 Å². The second-order valence-electron chi connectivity index (χ2n) is 9.05. The minimum absolute atomic E-state index is 0.469. The topological polar surface area (TPSA) is 45.5 Å². The Hall–Kier alpha value is -2.44. The fraction of sp³-hybridized carbons (Fsp3) is 0.440. The quantitative estimate of drug-likeness (QED) is 0.442. The number of likely N-dealkylation sites (tertiary alicyclic amines) is 1. The molecule has 1 saturated carbocycles. The van der Waals surface area contributed by atoms with Crippen molar-refractivity contribution in [3.63, 3.8) is 0 Å². The van der Waals surface area contributed by atoms with E-state index in [1.54, 1.807) is 11.3 Å². The van der Waals surface area contributed by atoms with Gasteiger partial charge in [-0.3, -0.25) is 4.90 Å². The lowest BCUT2D eigenvalue weighted by molar-refractivity contribution is 0.124. The summed E-state index contributed by atoms with van der Waals surface area (Å²) in [7, 11) is 0. The van der Waals surface area contributed by atoms with Gasteiger partial charge < -0.3 is 5.32 Å². The van der Waals surface area contributed by atoms with Gasteiger partial charge in [0.25, 0.3) is 0 Å². The maximum absolute atomic E-state index is 4.94. The predicted molar refractivity (Wildman–Crippen MR) is 129 cm³/mol. The van der Waals surface area contributed by atoms with Gasteiger partial charge in [-0.15, -0.1) is 16.4 Å². The molecule has 2 aliphatic rings. The minimum atomic E-state index is 0.469.